The molecule has 2 heterocycles. The van der Waals surface area contributed by atoms with Crippen LogP contribution in [0.15, 0.2) is 72.6 Å². The SMILES string of the molecule is CCC(C)Sc1oc(-c2ccco2)nc1S(=O)(=O)c1ccccc1. The summed E-state index contributed by atoms with van der Waals surface area (Å²) in [6, 6.07) is 11.6. The van der Waals surface area contributed by atoms with Crippen LogP contribution in [0.3, 0.4) is 0 Å². The normalized spacial score (nSPS) is 13.1. The van der Waals surface area contributed by atoms with Crippen molar-refractivity contribution in [3.05, 3.63) is 48.7 Å². The van der Waals surface area contributed by atoms with Crippen molar-refractivity contribution in [3.8, 4) is 11.7 Å². The monoisotopic (exact) mass is 363 g/mol. The zero-order chi connectivity index (χ0) is 17.2. The molecule has 3 aromatic rings. The van der Waals surface area contributed by atoms with Crippen molar-refractivity contribution in [2.24, 2.45) is 0 Å². The van der Waals surface area contributed by atoms with Crippen LogP contribution in [0.2, 0.25) is 0 Å². The number of oxazole rings is 1. The number of benzene rings is 1. The average molecular weight is 363 g/mol. The Kier molecular flexibility index (Phi) is 4.82. The van der Waals surface area contributed by atoms with E-state index in [1.165, 1.54) is 18.0 Å². The van der Waals surface area contributed by atoms with E-state index >= 15 is 0 Å². The van der Waals surface area contributed by atoms with Gasteiger partial charge in [0.2, 0.25) is 20.0 Å². The van der Waals surface area contributed by atoms with Crippen molar-refractivity contribution < 1.29 is 17.3 Å². The highest BCUT2D eigenvalue weighted by Crippen LogP contribution is 2.37. The molecule has 126 valence electrons. The lowest BCUT2D eigenvalue weighted by molar-refractivity contribution is 0.450. The van der Waals surface area contributed by atoms with Crippen molar-refractivity contribution in [3.63, 3.8) is 0 Å². The number of aromatic nitrogens is 1. The molecular weight excluding hydrogens is 346 g/mol. The Bertz CT molecular complexity index is 899. The first-order chi connectivity index (χ1) is 11.5. The number of thioether (sulfide) groups is 1. The smallest absolute Gasteiger partial charge is 0.265 e. The van der Waals surface area contributed by atoms with E-state index in [-0.39, 0.29) is 21.1 Å². The molecule has 0 aliphatic rings. The number of sulfone groups is 1. The van der Waals surface area contributed by atoms with Gasteiger partial charge in [-0.3, -0.25) is 0 Å². The topological polar surface area (TPSA) is 73.3 Å². The van der Waals surface area contributed by atoms with E-state index < -0.39 is 9.84 Å². The fraction of sp³-hybridized carbons (Fsp3) is 0.235. The molecule has 24 heavy (non-hydrogen) atoms. The van der Waals surface area contributed by atoms with Gasteiger partial charge >= 0.3 is 0 Å². The van der Waals surface area contributed by atoms with E-state index in [2.05, 4.69) is 4.98 Å². The summed E-state index contributed by atoms with van der Waals surface area (Å²) >= 11 is 1.36. The minimum Gasteiger partial charge on any atom is -0.459 e. The summed E-state index contributed by atoms with van der Waals surface area (Å²) in [6.45, 7) is 4.05. The number of rotatable bonds is 6. The standard InChI is InChI=1S/C17H17NO4S2/c1-3-12(2)23-17-16(18-15(22-17)14-10-7-11-21-14)24(19,20)13-8-5-4-6-9-13/h4-12H,3H2,1-2H3. The van der Waals surface area contributed by atoms with Crippen molar-refractivity contribution in [1.29, 1.82) is 0 Å². The first-order valence-electron chi connectivity index (χ1n) is 7.54. The Morgan fingerprint density at radius 1 is 1.17 bits per heavy atom. The molecule has 1 unspecified atom stereocenters. The van der Waals surface area contributed by atoms with E-state index in [1.807, 2.05) is 13.8 Å². The summed E-state index contributed by atoms with van der Waals surface area (Å²) in [5.74, 6) is 0.566. The van der Waals surface area contributed by atoms with Gasteiger partial charge in [0, 0.05) is 5.25 Å². The Morgan fingerprint density at radius 2 is 1.92 bits per heavy atom. The molecule has 0 saturated heterocycles. The summed E-state index contributed by atoms with van der Waals surface area (Å²) in [7, 11) is -3.76. The van der Waals surface area contributed by atoms with Gasteiger partial charge in [0.1, 0.15) is 0 Å². The van der Waals surface area contributed by atoms with Gasteiger partial charge in [-0.25, -0.2) is 8.42 Å². The second-order valence-electron chi connectivity index (χ2n) is 5.24. The Morgan fingerprint density at radius 3 is 2.54 bits per heavy atom. The van der Waals surface area contributed by atoms with E-state index in [1.54, 1.807) is 42.5 Å². The van der Waals surface area contributed by atoms with Crippen LogP contribution >= 0.6 is 11.8 Å². The lowest BCUT2D eigenvalue weighted by Crippen LogP contribution is -2.04. The predicted octanol–water partition coefficient (Wildman–Crippen LogP) is 4.66. The van der Waals surface area contributed by atoms with Crippen molar-refractivity contribution in [1.82, 2.24) is 4.98 Å². The maximum atomic E-state index is 12.9. The summed E-state index contributed by atoms with van der Waals surface area (Å²) in [5.41, 5.74) is 0. The van der Waals surface area contributed by atoms with E-state index in [4.69, 9.17) is 8.83 Å². The van der Waals surface area contributed by atoms with Crippen molar-refractivity contribution in [2.75, 3.05) is 0 Å². The Balaban J connectivity index is 2.11. The van der Waals surface area contributed by atoms with Crippen molar-refractivity contribution >= 4 is 21.6 Å². The maximum absolute atomic E-state index is 12.9. The number of furan rings is 1. The van der Waals surface area contributed by atoms with Crippen LogP contribution in [0.5, 0.6) is 0 Å². The fourth-order valence-corrected chi connectivity index (χ4v) is 4.50. The van der Waals surface area contributed by atoms with Crippen LogP contribution in [0.4, 0.5) is 0 Å². The molecule has 0 N–H and O–H groups in total. The van der Waals surface area contributed by atoms with Crippen LogP contribution in [0.1, 0.15) is 20.3 Å². The number of hydrogen-bond acceptors (Lipinski definition) is 6. The zero-order valence-electron chi connectivity index (χ0n) is 13.3. The van der Waals surface area contributed by atoms with Gasteiger partial charge in [-0.2, -0.15) is 4.98 Å². The zero-order valence-corrected chi connectivity index (χ0v) is 14.9. The molecule has 2 aromatic heterocycles. The largest absolute Gasteiger partial charge is 0.459 e. The van der Waals surface area contributed by atoms with E-state index in [0.29, 0.717) is 10.9 Å². The molecule has 0 saturated carbocycles. The summed E-state index contributed by atoms with van der Waals surface area (Å²) < 4.78 is 36.9. The Labute approximate surface area is 145 Å². The third-order valence-electron chi connectivity index (χ3n) is 3.49. The molecule has 1 aromatic carbocycles. The third-order valence-corrected chi connectivity index (χ3v) is 6.52. The molecule has 5 nitrogen and oxygen atoms in total. The van der Waals surface area contributed by atoms with Crippen molar-refractivity contribution in [2.45, 2.75) is 40.5 Å². The average Bonchev–Trinajstić information content (AvgIpc) is 3.25. The lowest BCUT2D eigenvalue weighted by Gasteiger charge is -2.07. The van der Waals surface area contributed by atoms with E-state index in [9.17, 15) is 8.42 Å². The van der Waals surface area contributed by atoms with Crippen LogP contribution in [0, 0.1) is 0 Å². The molecule has 0 fully saturated rings. The van der Waals surface area contributed by atoms with Gasteiger partial charge in [0.05, 0.1) is 11.2 Å². The molecular formula is C17H17NO4S2. The summed E-state index contributed by atoms with van der Waals surface area (Å²) in [6.07, 6.45) is 2.37. The molecule has 3 rings (SSSR count). The second-order valence-corrected chi connectivity index (χ2v) is 8.52. The van der Waals surface area contributed by atoms with Crippen LogP contribution < -0.4 is 0 Å². The van der Waals surface area contributed by atoms with Crippen LogP contribution in [0.25, 0.3) is 11.7 Å². The molecule has 0 bridgehead atoms. The second kappa shape index (κ2) is 6.86. The van der Waals surface area contributed by atoms with Gasteiger partial charge in [-0.05, 0) is 30.7 Å². The first-order valence-corrected chi connectivity index (χ1v) is 9.90. The number of hydrogen-bond donors (Lipinski definition) is 0. The minimum atomic E-state index is -3.76. The molecule has 1 atom stereocenters. The lowest BCUT2D eigenvalue weighted by atomic mass is 10.4. The Hall–Kier alpha value is -1.99. The molecule has 0 aliphatic heterocycles. The van der Waals surface area contributed by atoms with Gasteiger partial charge in [0.15, 0.2) is 5.76 Å². The summed E-state index contributed by atoms with van der Waals surface area (Å²) in [5, 5.41) is 0.428. The molecule has 0 aliphatic carbocycles. The molecule has 0 amide bonds. The number of nitrogens with zero attached hydrogens (tertiary/aromatic N) is 1. The maximum Gasteiger partial charge on any atom is 0.265 e. The molecule has 0 spiro atoms. The van der Waals surface area contributed by atoms with Gasteiger partial charge in [0.25, 0.3) is 5.89 Å². The van der Waals surface area contributed by atoms with Crippen LogP contribution in [-0.4, -0.2) is 18.7 Å². The highest BCUT2D eigenvalue weighted by molar-refractivity contribution is 8.00. The van der Waals surface area contributed by atoms with Gasteiger partial charge < -0.3 is 8.83 Å². The van der Waals surface area contributed by atoms with Crippen LogP contribution in [-0.2, 0) is 9.84 Å². The predicted molar refractivity (Wildman–Crippen MR) is 91.7 cm³/mol. The molecule has 0 radical (unpaired) electrons. The van der Waals surface area contributed by atoms with Gasteiger partial charge in [-0.15, -0.1) is 0 Å². The highest BCUT2D eigenvalue weighted by atomic mass is 32.2. The highest BCUT2D eigenvalue weighted by Gasteiger charge is 2.29. The third kappa shape index (κ3) is 3.27. The molecule has 7 heteroatoms. The fourth-order valence-electron chi connectivity index (χ4n) is 2.02. The summed E-state index contributed by atoms with van der Waals surface area (Å²) in [4.78, 5) is 4.41. The van der Waals surface area contributed by atoms with Gasteiger partial charge in [-0.1, -0.05) is 43.8 Å². The minimum absolute atomic E-state index is 0.0644. The quantitative estimate of drug-likeness (QED) is 0.593. The first kappa shape index (κ1) is 16.9. The van der Waals surface area contributed by atoms with E-state index in [0.717, 1.165) is 6.42 Å².